The Kier molecular flexibility index (Phi) is 3.80. The average Bonchev–Trinajstić information content (AvgIpc) is 1.21. The van der Waals surface area contributed by atoms with Crippen molar-refractivity contribution in [3.63, 3.8) is 0 Å². The molecule has 0 aromatic heterocycles. The molecule has 6 heteroatoms. The van der Waals surface area contributed by atoms with Crippen LogP contribution >= 0.6 is 45.9 Å². The summed E-state index contributed by atoms with van der Waals surface area (Å²) in [6.45, 7) is 0. The van der Waals surface area contributed by atoms with Crippen molar-refractivity contribution in [3.05, 3.63) is 0 Å². The first-order chi connectivity index (χ1) is 3.42. The third-order valence-electron chi connectivity index (χ3n) is 0.352. The number of carbonyl (C=O) groups is 1. The molecule has 0 aliphatic rings. The van der Waals surface area contributed by atoms with E-state index in [0.29, 0.717) is 0 Å². The van der Waals surface area contributed by atoms with E-state index in [2.05, 4.69) is 45.9 Å². The molecule has 0 amide bonds. The predicted octanol–water partition coefficient (Wildman–Crippen LogP) is 2.19. The number of aliphatic carboxylic acids is 1. The molecule has 0 saturated carbocycles. The van der Waals surface area contributed by atoms with Crippen molar-refractivity contribution in [3.8, 4) is 0 Å². The summed E-state index contributed by atoms with van der Waals surface area (Å²) in [5.41, 5.74) is 0. The smallest absolute Gasteiger partial charge is 0.303 e. The van der Waals surface area contributed by atoms with Crippen molar-refractivity contribution in [2.75, 3.05) is 0 Å². The molecule has 0 rings (SSSR count). The van der Waals surface area contributed by atoms with Crippen molar-refractivity contribution >= 4 is 55.8 Å². The van der Waals surface area contributed by atoms with Gasteiger partial charge in [0.2, 0.25) is 0 Å². The van der Waals surface area contributed by atoms with E-state index < -0.39 is 9.90 Å². The first kappa shape index (κ1) is 9.13. The molecule has 0 aromatic rings. The van der Waals surface area contributed by atoms with Crippen molar-refractivity contribution in [1.82, 2.24) is 0 Å². The Hall–Kier alpha value is 1.13. The molecule has 1 N–H and O–H groups in total. The van der Waals surface area contributed by atoms with E-state index in [-0.39, 0.29) is 6.04 Å². The van der Waals surface area contributed by atoms with Gasteiger partial charge in [-0.05, 0) is 0 Å². The van der Waals surface area contributed by atoms with Crippen molar-refractivity contribution in [2.45, 2.75) is 6.04 Å². The zero-order valence-electron chi connectivity index (χ0n) is 3.70. The van der Waals surface area contributed by atoms with Gasteiger partial charge in [-0.15, -0.1) is 0 Å². The highest BCUT2D eigenvalue weighted by molar-refractivity contribution is 9.72. The van der Waals surface area contributed by atoms with Crippen LogP contribution in [0.25, 0.3) is 0 Å². The quantitative estimate of drug-likeness (QED) is 0.624. The first-order valence-corrected chi connectivity index (χ1v) is 10.7. The van der Waals surface area contributed by atoms with Gasteiger partial charge in [0.15, 0.2) is 0 Å². The van der Waals surface area contributed by atoms with Gasteiger partial charge in [-0.2, -0.15) is 0 Å². The van der Waals surface area contributed by atoms with Gasteiger partial charge in [-0.3, -0.25) is 4.79 Å². The van der Waals surface area contributed by atoms with Crippen LogP contribution < -0.4 is 0 Å². The lowest BCUT2D eigenvalue weighted by Crippen LogP contribution is -2.12. The second kappa shape index (κ2) is 3.33. The van der Waals surface area contributed by atoms with E-state index in [1.165, 1.54) is 0 Å². The molecule has 0 saturated heterocycles. The molecule has 0 aliphatic heterocycles. The number of carboxylic acids is 1. The zero-order chi connectivity index (χ0) is 6.78. The maximum absolute atomic E-state index is 9.96. The van der Waals surface area contributed by atoms with Gasteiger partial charge in [-0.25, -0.2) is 0 Å². The number of rotatable bonds is 2. The fourth-order valence-electron chi connectivity index (χ4n) is 0.171. The van der Waals surface area contributed by atoms with E-state index in [4.69, 9.17) is 5.11 Å². The van der Waals surface area contributed by atoms with Gasteiger partial charge in [0.1, 0.15) is 0 Å². The number of hydrogen-bond acceptors (Lipinski definition) is 1. The molecule has 0 unspecified atom stereocenters. The molecule has 0 spiro atoms. The molecule has 0 fully saturated rings. The normalized spacial score (nSPS) is 11.4. The molecule has 0 aliphatic carbocycles. The highest BCUT2D eigenvalue weighted by Crippen LogP contribution is 2.31. The second-order valence-electron chi connectivity index (χ2n) is 1.19. The van der Waals surface area contributed by atoms with Crippen molar-refractivity contribution < 1.29 is 9.90 Å². The molecular weight excluding hydrogens is 324 g/mol. The van der Waals surface area contributed by atoms with Crippen LogP contribution in [0, 0.1) is 0 Å². The molecule has 8 heavy (non-hydrogen) atoms. The fourth-order valence-corrected chi connectivity index (χ4v) is 2.67. The monoisotopic (exact) mass is 324 g/mol. The van der Waals surface area contributed by atoms with Gasteiger partial charge in [0, 0.05) is 0 Å². The van der Waals surface area contributed by atoms with E-state index >= 15 is 0 Å². The summed E-state index contributed by atoms with van der Waals surface area (Å²) >= 11 is 9.51. The summed E-state index contributed by atoms with van der Waals surface area (Å²) in [5, 5.41) is 8.19. The van der Waals surface area contributed by atoms with E-state index in [1.807, 2.05) is 0 Å². The van der Waals surface area contributed by atoms with Gasteiger partial charge < -0.3 is 5.11 Å². The Morgan fingerprint density at radius 3 is 1.88 bits per heavy atom. The molecule has 0 radical (unpaired) electrons. The number of carboxylic acid groups (broad SMARTS) is 1. The fraction of sp³-hybridized carbons (Fsp3) is 0.500. The van der Waals surface area contributed by atoms with Crippen molar-refractivity contribution in [2.24, 2.45) is 0 Å². The summed E-state index contributed by atoms with van der Waals surface area (Å²) in [5.74, 6) is -0.803. The molecule has 0 aromatic carbocycles. The topological polar surface area (TPSA) is 37.3 Å². The molecular formula is C2H3Br3O2Si. The minimum atomic E-state index is -1.88. The number of halogens is 3. The maximum atomic E-state index is 9.96. The van der Waals surface area contributed by atoms with Crippen LogP contribution in [0.5, 0.6) is 0 Å². The van der Waals surface area contributed by atoms with Gasteiger partial charge >= 0.3 is 5.97 Å². The lowest BCUT2D eigenvalue weighted by molar-refractivity contribution is -0.134. The van der Waals surface area contributed by atoms with Crippen LogP contribution in [0.15, 0.2) is 0 Å². The largest absolute Gasteiger partial charge is 0.481 e. The Morgan fingerprint density at radius 1 is 1.50 bits per heavy atom. The number of hydrogen-bond donors (Lipinski definition) is 1. The van der Waals surface area contributed by atoms with Gasteiger partial charge in [0.05, 0.1) is 6.04 Å². The highest BCUT2D eigenvalue weighted by atomic mass is 80.0. The molecule has 0 bridgehead atoms. The van der Waals surface area contributed by atoms with Crippen LogP contribution in [0.2, 0.25) is 6.04 Å². The lowest BCUT2D eigenvalue weighted by Gasteiger charge is -2.02. The van der Waals surface area contributed by atoms with E-state index in [1.54, 1.807) is 0 Å². The summed E-state index contributed by atoms with van der Waals surface area (Å²) in [7, 11) is 0. The summed E-state index contributed by atoms with van der Waals surface area (Å²) in [6.07, 6.45) is 0. The third-order valence-corrected chi connectivity index (χ3v) is 3.58. The molecule has 0 atom stereocenters. The summed E-state index contributed by atoms with van der Waals surface area (Å²) in [6, 6.07) is 0.132. The van der Waals surface area contributed by atoms with Crippen LogP contribution in [-0.4, -0.2) is 15.0 Å². The Labute approximate surface area is 71.4 Å². The maximum Gasteiger partial charge on any atom is 0.303 e. The minimum Gasteiger partial charge on any atom is -0.481 e. The standard InChI is InChI=1S/C2H3Br3O2Si/c3-8(4,5)1-2(6)7/h1H2,(H,6,7). The second-order valence-corrected chi connectivity index (χ2v) is 24.5. The van der Waals surface area contributed by atoms with Crippen molar-refractivity contribution in [1.29, 1.82) is 0 Å². The lowest BCUT2D eigenvalue weighted by atomic mass is 10.8. The Balaban J connectivity index is 3.55. The summed E-state index contributed by atoms with van der Waals surface area (Å²) < 4.78 is -1.88. The third kappa shape index (κ3) is 7.13. The summed E-state index contributed by atoms with van der Waals surface area (Å²) in [4.78, 5) is 9.96. The average molecular weight is 327 g/mol. The SMILES string of the molecule is O=C(O)C[Si](Br)(Br)Br. The molecule has 2 nitrogen and oxygen atoms in total. The van der Waals surface area contributed by atoms with Gasteiger partial charge in [-0.1, -0.05) is 45.9 Å². The van der Waals surface area contributed by atoms with Crippen LogP contribution in [0.1, 0.15) is 0 Å². The van der Waals surface area contributed by atoms with E-state index in [9.17, 15) is 4.79 Å². The predicted molar refractivity (Wildman–Crippen MR) is 45.0 cm³/mol. The van der Waals surface area contributed by atoms with Gasteiger partial charge in [0.25, 0.3) is 3.93 Å². The Morgan fingerprint density at radius 2 is 1.88 bits per heavy atom. The van der Waals surface area contributed by atoms with Crippen LogP contribution in [0.3, 0.4) is 0 Å². The van der Waals surface area contributed by atoms with Crippen LogP contribution in [0.4, 0.5) is 0 Å². The minimum absolute atomic E-state index is 0.132. The van der Waals surface area contributed by atoms with E-state index in [0.717, 1.165) is 0 Å². The van der Waals surface area contributed by atoms with Crippen LogP contribution in [-0.2, 0) is 4.79 Å². The molecule has 0 heterocycles. The highest BCUT2D eigenvalue weighted by Gasteiger charge is 2.25. The molecule has 48 valence electrons. The zero-order valence-corrected chi connectivity index (χ0v) is 9.45. The Bertz CT molecular complexity index is 97.9. The first-order valence-electron chi connectivity index (χ1n) is 1.70.